The van der Waals surface area contributed by atoms with Crippen molar-refractivity contribution < 1.29 is 4.79 Å². The zero-order valence-corrected chi connectivity index (χ0v) is 12.5. The predicted octanol–water partition coefficient (Wildman–Crippen LogP) is 2.45. The van der Waals surface area contributed by atoms with E-state index in [-0.39, 0.29) is 5.91 Å². The zero-order chi connectivity index (χ0) is 15.1. The van der Waals surface area contributed by atoms with Gasteiger partial charge in [-0.3, -0.25) is 4.79 Å². The molecule has 5 heteroatoms. The number of imidazole rings is 1. The van der Waals surface area contributed by atoms with Crippen molar-refractivity contribution in [1.82, 2.24) is 15.3 Å². The smallest absolute Gasteiger partial charge is 0.253 e. The number of aromatic amines is 1. The number of anilines is 1. The van der Waals surface area contributed by atoms with E-state index in [1.54, 1.807) is 12.5 Å². The van der Waals surface area contributed by atoms with Crippen LogP contribution in [0.1, 0.15) is 29.9 Å². The maximum absolute atomic E-state index is 12.3. The molecule has 5 nitrogen and oxygen atoms in total. The van der Waals surface area contributed by atoms with E-state index in [0.717, 1.165) is 24.3 Å². The average Bonchev–Trinajstić information content (AvgIpc) is 2.98. The van der Waals surface area contributed by atoms with Crippen LogP contribution in [0.15, 0.2) is 36.8 Å². The number of H-pyrrole nitrogens is 1. The summed E-state index contributed by atoms with van der Waals surface area (Å²) in [5.41, 5.74) is 2.58. The Morgan fingerprint density at radius 1 is 1.33 bits per heavy atom. The van der Waals surface area contributed by atoms with Crippen molar-refractivity contribution >= 4 is 11.6 Å². The molecule has 0 saturated carbocycles. The lowest BCUT2D eigenvalue weighted by Gasteiger charge is -2.13. The first-order valence-electron chi connectivity index (χ1n) is 7.25. The van der Waals surface area contributed by atoms with Gasteiger partial charge in [0.1, 0.15) is 0 Å². The molecule has 0 fully saturated rings. The van der Waals surface area contributed by atoms with Crippen molar-refractivity contribution in [3.05, 3.63) is 48.0 Å². The number of nitrogens with one attached hydrogen (secondary N) is 3. The molecule has 0 aliphatic carbocycles. The Bertz CT molecular complexity index is 563. The van der Waals surface area contributed by atoms with Gasteiger partial charge in [0.2, 0.25) is 0 Å². The SMILES string of the molecule is CC(C)CNc1ccccc1C(=O)NCCc1cnc[nH]1. The Balaban J connectivity index is 1.91. The van der Waals surface area contributed by atoms with Crippen LogP contribution in [-0.4, -0.2) is 29.0 Å². The predicted molar refractivity (Wildman–Crippen MR) is 84.4 cm³/mol. The molecule has 2 rings (SSSR count). The number of benzene rings is 1. The van der Waals surface area contributed by atoms with Crippen LogP contribution in [0.3, 0.4) is 0 Å². The van der Waals surface area contributed by atoms with E-state index in [1.165, 1.54) is 0 Å². The highest BCUT2D eigenvalue weighted by Crippen LogP contribution is 2.15. The number of hydrogen-bond donors (Lipinski definition) is 3. The summed E-state index contributed by atoms with van der Waals surface area (Å²) in [4.78, 5) is 19.2. The molecule has 0 radical (unpaired) electrons. The van der Waals surface area contributed by atoms with Crippen LogP contribution in [-0.2, 0) is 6.42 Å². The summed E-state index contributed by atoms with van der Waals surface area (Å²) < 4.78 is 0. The summed E-state index contributed by atoms with van der Waals surface area (Å²) in [7, 11) is 0. The van der Waals surface area contributed by atoms with Gasteiger partial charge in [-0.25, -0.2) is 4.98 Å². The number of para-hydroxylation sites is 1. The van der Waals surface area contributed by atoms with Crippen molar-refractivity contribution in [3.8, 4) is 0 Å². The summed E-state index contributed by atoms with van der Waals surface area (Å²) >= 11 is 0. The second-order valence-electron chi connectivity index (χ2n) is 5.40. The Morgan fingerprint density at radius 2 is 2.14 bits per heavy atom. The highest BCUT2D eigenvalue weighted by atomic mass is 16.1. The van der Waals surface area contributed by atoms with E-state index in [0.29, 0.717) is 18.0 Å². The highest BCUT2D eigenvalue weighted by Gasteiger charge is 2.10. The molecule has 0 aliphatic heterocycles. The van der Waals surface area contributed by atoms with Gasteiger partial charge in [0.15, 0.2) is 0 Å². The third-order valence-electron chi connectivity index (χ3n) is 3.11. The number of carbonyl (C=O) groups is 1. The number of hydrogen-bond acceptors (Lipinski definition) is 3. The topological polar surface area (TPSA) is 69.8 Å². The molecule has 0 atom stereocenters. The van der Waals surface area contributed by atoms with Gasteiger partial charge in [0, 0.05) is 37.1 Å². The number of rotatable bonds is 7. The maximum Gasteiger partial charge on any atom is 0.253 e. The van der Waals surface area contributed by atoms with Crippen molar-refractivity contribution in [2.75, 3.05) is 18.4 Å². The first-order chi connectivity index (χ1) is 10.2. The van der Waals surface area contributed by atoms with Gasteiger partial charge in [-0.05, 0) is 18.1 Å². The van der Waals surface area contributed by atoms with Crippen LogP contribution >= 0.6 is 0 Å². The van der Waals surface area contributed by atoms with Gasteiger partial charge in [-0.2, -0.15) is 0 Å². The summed E-state index contributed by atoms with van der Waals surface area (Å²) in [6.07, 6.45) is 4.15. The third kappa shape index (κ3) is 4.63. The molecular weight excluding hydrogens is 264 g/mol. The van der Waals surface area contributed by atoms with Crippen LogP contribution in [0.2, 0.25) is 0 Å². The molecule has 21 heavy (non-hydrogen) atoms. The van der Waals surface area contributed by atoms with Crippen molar-refractivity contribution in [3.63, 3.8) is 0 Å². The highest BCUT2D eigenvalue weighted by molar-refractivity contribution is 5.99. The molecule has 1 aromatic carbocycles. The summed E-state index contributed by atoms with van der Waals surface area (Å²) in [5, 5.41) is 6.26. The van der Waals surface area contributed by atoms with Gasteiger partial charge < -0.3 is 15.6 Å². The summed E-state index contributed by atoms with van der Waals surface area (Å²) in [5.74, 6) is 0.475. The molecule has 0 unspecified atom stereocenters. The molecular formula is C16H22N4O. The fraction of sp³-hybridized carbons (Fsp3) is 0.375. The number of carbonyl (C=O) groups excluding carboxylic acids is 1. The molecule has 3 N–H and O–H groups in total. The molecule has 1 amide bonds. The number of nitrogens with zero attached hydrogens (tertiary/aromatic N) is 1. The van der Waals surface area contributed by atoms with Crippen molar-refractivity contribution in [1.29, 1.82) is 0 Å². The second kappa shape index (κ2) is 7.47. The van der Waals surface area contributed by atoms with Gasteiger partial charge in [0.25, 0.3) is 5.91 Å². The second-order valence-corrected chi connectivity index (χ2v) is 5.40. The van der Waals surface area contributed by atoms with E-state index in [2.05, 4.69) is 34.4 Å². The average molecular weight is 286 g/mol. The van der Waals surface area contributed by atoms with Crippen LogP contribution in [0.5, 0.6) is 0 Å². The quantitative estimate of drug-likeness (QED) is 0.732. The molecule has 0 spiro atoms. The number of aromatic nitrogens is 2. The minimum Gasteiger partial charge on any atom is -0.384 e. The molecule has 1 aromatic heterocycles. The third-order valence-corrected chi connectivity index (χ3v) is 3.11. The monoisotopic (exact) mass is 286 g/mol. The van der Waals surface area contributed by atoms with Gasteiger partial charge >= 0.3 is 0 Å². The van der Waals surface area contributed by atoms with E-state index < -0.39 is 0 Å². The minimum absolute atomic E-state index is 0.0543. The first kappa shape index (κ1) is 15.1. The van der Waals surface area contributed by atoms with Crippen molar-refractivity contribution in [2.45, 2.75) is 20.3 Å². The van der Waals surface area contributed by atoms with E-state index >= 15 is 0 Å². The Kier molecular flexibility index (Phi) is 5.37. The molecule has 112 valence electrons. The largest absolute Gasteiger partial charge is 0.384 e. The van der Waals surface area contributed by atoms with Crippen LogP contribution in [0.25, 0.3) is 0 Å². The fourth-order valence-corrected chi connectivity index (χ4v) is 1.98. The van der Waals surface area contributed by atoms with E-state index in [4.69, 9.17) is 0 Å². The van der Waals surface area contributed by atoms with E-state index in [9.17, 15) is 4.79 Å². The molecule has 0 saturated heterocycles. The fourth-order valence-electron chi connectivity index (χ4n) is 1.98. The van der Waals surface area contributed by atoms with Gasteiger partial charge in [-0.1, -0.05) is 26.0 Å². The number of amides is 1. The summed E-state index contributed by atoms with van der Waals surface area (Å²) in [6, 6.07) is 7.59. The lowest BCUT2D eigenvalue weighted by atomic mass is 10.1. The molecule has 0 aliphatic rings. The summed E-state index contributed by atoms with van der Waals surface area (Å²) in [6.45, 7) is 5.71. The van der Waals surface area contributed by atoms with Crippen molar-refractivity contribution in [2.24, 2.45) is 5.92 Å². The molecule has 0 bridgehead atoms. The van der Waals surface area contributed by atoms with Crippen LogP contribution < -0.4 is 10.6 Å². The Morgan fingerprint density at radius 3 is 2.86 bits per heavy atom. The lowest BCUT2D eigenvalue weighted by Crippen LogP contribution is -2.27. The van der Waals surface area contributed by atoms with Gasteiger partial charge in [0.05, 0.1) is 11.9 Å². The molecule has 2 aromatic rings. The first-order valence-corrected chi connectivity index (χ1v) is 7.25. The Hall–Kier alpha value is -2.30. The lowest BCUT2D eigenvalue weighted by molar-refractivity contribution is 0.0955. The normalized spacial score (nSPS) is 10.6. The Labute approximate surface area is 125 Å². The minimum atomic E-state index is -0.0543. The molecule has 1 heterocycles. The maximum atomic E-state index is 12.3. The standard InChI is InChI=1S/C16H22N4O/c1-12(2)9-19-15-6-4-3-5-14(15)16(21)18-8-7-13-10-17-11-20-13/h3-6,10-12,19H,7-9H2,1-2H3,(H,17,20)(H,18,21). The zero-order valence-electron chi connectivity index (χ0n) is 12.5. The van der Waals surface area contributed by atoms with E-state index in [1.807, 2.05) is 24.3 Å². The van der Waals surface area contributed by atoms with Crippen LogP contribution in [0, 0.1) is 5.92 Å². The van der Waals surface area contributed by atoms with Crippen LogP contribution in [0.4, 0.5) is 5.69 Å². The van der Waals surface area contributed by atoms with Gasteiger partial charge in [-0.15, -0.1) is 0 Å².